The molecule has 0 radical (unpaired) electrons. The Kier molecular flexibility index (Phi) is 3.07. The van der Waals surface area contributed by atoms with Crippen molar-refractivity contribution in [2.24, 2.45) is 0 Å². The van der Waals surface area contributed by atoms with Crippen molar-refractivity contribution in [2.75, 3.05) is 5.75 Å². The van der Waals surface area contributed by atoms with E-state index in [0.29, 0.717) is 0 Å². The lowest BCUT2D eigenvalue weighted by molar-refractivity contribution is 0.958. The number of rotatable bonds is 1. The molecule has 0 atom stereocenters. The van der Waals surface area contributed by atoms with Crippen molar-refractivity contribution in [1.29, 1.82) is 0 Å². The molecule has 0 unspecified atom stereocenters. The van der Waals surface area contributed by atoms with Crippen LogP contribution in [-0.4, -0.2) is 5.75 Å². The van der Waals surface area contributed by atoms with Crippen molar-refractivity contribution in [3.05, 3.63) is 22.6 Å². The van der Waals surface area contributed by atoms with Crippen LogP contribution in [0.3, 0.4) is 0 Å². The molecule has 1 aliphatic rings. The summed E-state index contributed by atoms with van der Waals surface area (Å²) < 4.78 is 0. The number of thioether (sulfide) groups is 1. The Bertz CT molecular complexity index is 166. The second kappa shape index (κ2) is 3.87. The van der Waals surface area contributed by atoms with Crippen LogP contribution < -0.4 is 0 Å². The first-order chi connectivity index (χ1) is 4.84. The summed E-state index contributed by atoms with van der Waals surface area (Å²) in [5.74, 6) is 1.30. The summed E-state index contributed by atoms with van der Waals surface area (Å²) in [6.45, 7) is 4.29. The average molecular weight is 154 g/mol. The molecule has 0 aromatic rings. The Balaban J connectivity index is 2.62. The Hall–Kier alpha value is -0.170. The van der Waals surface area contributed by atoms with Gasteiger partial charge in [0.1, 0.15) is 0 Å². The highest BCUT2D eigenvalue weighted by Crippen LogP contribution is 2.29. The Morgan fingerprint density at radius 2 is 2.50 bits per heavy atom. The molecule has 0 N–H and O–H groups in total. The molecule has 1 heterocycles. The topological polar surface area (TPSA) is 0 Å². The van der Waals surface area contributed by atoms with Crippen molar-refractivity contribution in [2.45, 2.75) is 26.7 Å². The van der Waals surface area contributed by atoms with Gasteiger partial charge in [-0.1, -0.05) is 12.2 Å². The molecule has 1 aliphatic heterocycles. The van der Waals surface area contributed by atoms with Crippen LogP contribution in [-0.2, 0) is 0 Å². The van der Waals surface area contributed by atoms with E-state index in [-0.39, 0.29) is 0 Å². The van der Waals surface area contributed by atoms with E-state index in [0.717, 1.165) is 0 Å². The smallest absolute Gasteiger partial charge is 0.00580 e. The van der Waals surface area contributed by atoms with Crippen molar-refractivity contribution < 1.29 is 0 Å². The fraction of sp³-hybridized carbons (Fsp3) is 0.556. The lowest BCUT2D eigenvalue weighted by Crippen LogP contribution is -1.90. The molecular weight excluding hydrogens is 140 g/mol. The summed E-state index contributed by atoms with van der Waals surface area (Å²) >= 11 is 1.99. The molecule has 0 saturated carbocycles. The zero-order valence-corrected chi connectivity index (χ0v) is 7.50. The van der Waals surface area contributed by atoms with Crippen molar-refractivity contribution in [3.8, 4) is 0 Å². The molecule has 0 fully saturated rings. The minimum absolute atomic E-state index is 1.27. The van der Waals surface area contributed by atoms with Crippen LogP contribution in [0.2, 0.25) is 0 Å². The quantitative estimate of drug-likeness (QED) is 0.558. The van der Waals surface area contributed by atoms with Gasteiger partial charge in [-0.25, -0.2) is 0 Å². The molecule has 0 bridgehead atoms. The molecule has 56 valence electrons. The van der Waals surface area contributed by atoms with Gasteiger partial charge in [-0.05, 0) is 38.0 Å². The summed E-state index contributed by atoms with van der Waals surface area (Å²) in [6.07, 6.45) is 7.16. The second-order valence-electron chi connectivity index (χ2n) is 2.53. The fourth-order valence-corrected chi connectivity index (χ4v) is 2.09. The first kappa shape index (κ1) is 7.93. The number of hydrogen-bond donors (Lipinski definition) is 0. The van der Waals surface area contributed by atoms with Crippen LogP contribution in [0.4, 0.5) is 0 Å². The van der Waals surface area contributed by atoms with E-state index in [1.807, 2.05) is 11.8 Å². The summed E-state index contributed by atoms with van der Waals surface area (Å²) in [6, 6.07) is 0. The third-order valence-corrected chi connectivity index (χ3v) is 3.05. The van der Waals surface area contributed by atoms with Gasteiger partial charge >= 0.3 is 0 Å². The number of hydrogen-bond acceptors (Lipinski definition) is 1. The van der Waals surface area contributed by atoms with Crippen LogP contribution in [0.25, 0.3) is 0 Å². The van der Waals surface area contributed by atoms with E-state index in [2.05, 4.69) is 26.0 Å². The molecule has 0 spiro atoms. The SMILES string of the molecule is C/C=C(\C)C1=CCCCS1. The van der Waals surface area contributed by atoms with Gasteiger partial charge in [0.25, 0.3) is 0 Å². The van der Waals surface area contributed by atoms with Crippen molar-refractivity contribution in [3.63, 3.8) is 0 Å². The van der Waals surface area contributed by atoms with E-state index in [1.54, 1.807) is 0 Å². The molecule has 0 aromatic heterocycles. The molecule has 0 saturated heterocycles. The molecule has 0 aliphatic carbocycles. The summed E-state index contributed by atoms with van der Waals surface area (Å²) in [5, 5.41) is 0. The van der Waals surface area contributed by atoms with Crippen LogP contribution >= 0.6 is 11.8 Å². The molecule has 1 heteroatoms. The maximum absolute atomic E-state index is 2.35. The van der Waals surface area contributed by atoms with Gasteiger partial charge in [0.05, 0.1) is 0 Å². The highest BCUT2D eigenvalue weighted by molar-refractivity contribution is 8.03. The molecule has 0 amide bonds. The highest BCUT2D eigenvalue weighted by atomic mass is 32.2. The van der Waals surface area contributed by atoms with E-state index in [1.165, 1.54) is 29.1 Å². The van der Waals surface area contributed by atoms with E-state index in [4.69, 9.17) is 0 Å². The van der Waals surface area contributed by atoms with Gasteiger partial charge in [0.15, 0.2) is 0 Å². The summed E-state index contributed by atoms with van der Waals surface area (Å²) in [4.78, 5) is 1.49. The number of allylic oxidation sites excluding steroid dienone is 3. The maximum Gasteiger partial charge on any atom is 0.00580 e. The van der Waals surface area contributed by atoms with Crippen molar-refractivity contribution >= 4 is 11.8 Å². The average Bonchev–Trinajstić information content (AvgIpc) is 2.05. The predicted molar refractivity (Wildman–Crippen MR) is 49.2 cm³/mol. The highest BCUT2D eigenvalue weighted by Gasteiger charge is 2.03. The first-order valence-corrected chi connectivity index (χ1v) is 4.79. The lowest BCUT2D eigenvalue weighted by Gasteiger charge is -2.11. The van der Waals surface area contributed by atoms with Crippen LogP contribution in [0.1, 0.15) is 26.7 Å². The van der Waals surface area contributed by atoms with Gasteiger partial charge in [-0.2, -0.15) is 0 Å². The Morgan fingerprint density at radius 1 is 1.70 bits per heavy atom. The normalized spacial score (nSPS) is 20.6. The van der Waals surface area contributed by atoms with E-state index < -0.39 is 0 Å². The molecule has 0 aromatic carbocycles. The van der Waals surface area contributed by atoms with E-state index >= 15 is 0 Å². The Morgan fingerprint density at radius 3 is 3.00 bits per heavy atom. The van der Waals surface area contributed by atoms with Crippen LogP contribution in [0.15, 0.2) is 22.6 Å². The molecular formula is C9H14S. The third-order valence-electron chi connectivity index (χ3n) is 1.76. The predicted octanol–water partition coefficient (Wildman–Crippen LogP) is 3.36. The van der Waals surface area contributed by atoms with E-state index in [9.17, 15) is 0 Å². The largest absolute Gasteiger partial charge is 0.126 e. The first-order valence-electron chi connectivity index (χ1n) is 3.81. The van der Waals surface area contributed by atoms with Gasteiger partial charge < -0.3 is 0 Å². The third kappa shape index (κ3) is 1.91. The molecule has 1 rings (SSSR count). The standard InChI is InChI=1S/C9H14S/c1-3-8(2)9-6-4-5-7-10-9/h3,6H,4-5,7H2,1-2H3/b8-3+. The Labute approximate surface area is 67.4 Å². The van der Waals surface area contributed by atoms with Crippen molar-refractivity contribution in [1.82, 2.24) is 0 Å². The second-order valence-corrected chi connectivity index (χ2v) is 3.67. The van der Waals surface area contributed by atoms with Gasteiger partial charge in [-0.3, -0.25) is 0 Å². The maximum atomic E-state index is 2.35. The summed E-state index contributed by atoms with van der Waals surface area (Å²) in [7, 11) is 0. The zero-order valence-electron chi connectivity index (χ0n) is 6.68. The minimum atomic E-state index is 1.27. The molecule has 0 nitrogen and oxygen atoms in total. The monoisotopic (exact) mass is 154 g/mol. The van der Waals surface area contributed by atoms with Crippen LogP contribution in [0.5, 0.6) is 0 Å². The van der Waals surface area contributed by atoms with Crippen LogP contribution in [0, 0.1) is 0 Å². The zero-order chi connectivity index (χ0) is 7.40. The van der Waals surface area contributed by atoms with Gasteiger partial charge in [0.2, 0.25) is 0 Å². The lowest BCUT2D eigenvalue weighted by atomic mass is 10.2. The molecule has 10 heavy (non-hydrogen) atoms. The fourth-order valence-electron chi connectivity index (χ4n) is 0.975. The van der Waals surface area contributed by atoms with Gasteiger partial charge in [0, 0.05) is 4.91 Å². The summed E-state index contributed by atoms with van der Waals surface area (Å²) in [5.41, 5.74) is 1.43. The van der Waals surface area contributed by atoms with Gasteiger partial charge in [-0.15, -0.1) is 11.8 Å². The minimum Gasteiger partial charge on any atom is -0.126 e.